The maximum atomic E-state index is 13.2. The Bertz CT molecular complexity index is 864. The first-order valence-corrected chi connectivity index (χ1v) is 10.5. The molecule has 27 heavy (non-hydrogen) atoms. The number of benzene rings is 2. The normalized spacial score (nSPS) is 15.2. The summed E-state index contributed by atoms with van der Waals surface area (Å²) in [5, 5.41) is 2.92. The summed E-state index contributed by atoms with van der Waals surface area (Å²) in [5.41, 5.74) is 0.775. The van der Waals surface area contributed by atoms with Gasteiger partial charge in [0.25, 0.3) is 0 Å². The molecule has 5 nitrogen and oxygen atoms in total. The van der Waals surface area contributed by atoms with E-state index < -0.39 is 15.8 Å². The van der Waals surface area contributed by atoms with Gasteiger partial charge in [-0.05, 0) is 42.7 Å². The van der Waals surface area contributed by atoms with Crippen molar-refractivity contribution in [3.8, 4) is 0 Å². The molecule has 0 unspecified atom stereocenters. The Kier molecular flexibility index (Phi) is 6.23. The lowest BCUT2D eigenvalue weighted by Gasteiger charge is -2.23. The van der Waals surface area contributed by atoms with Gasteiger partial charge in [0.1, 0.15) is 5.82 Å². The molecule has 1 amide bonds. The van der Waals surface area contributed by atoms with Crippen molar-refractivity contribution >= 4 is 15.9 Å². The molecule has 0 heterocycles. The molecule has 0 bridgehead atoms. The first-order chi connectivity index (χ1) is 12.9. The van der Waals surface area contributed by atoms with Gasteiger partial charge in [0.15, 0.2) is 0 Å². The molecule has 1 N–H and O–H groups in total. The van der Waals surface area contributed by atoms with Crippen LogP contribution in [0.15, 0.2) is 59.5 Å². The standard InChI is InChI=1S/C20H23FN2O3S/c21-17-10-12-19(13-11-17)27(25,26)23(14-16-6-2-1-3-7-16)15-20(24)22-18-8-4-5-9-18/h1-3,6-7,10-13,18H,4-5,8-9,14-15H2,(H,22,24). The van der Waals surface area contributed by atoms with E-state index in [0.717, 1.165) is 47.7 Å². The third kappa shape index (κ3) is 5.14. The van der Waals surface area contributed by atoms with E-state index in [-0.39, 0.29) is 29.9 Å². The highest BCUT2D eigenvalue weighted by molar-refractivity contribution is 7.89. The van der Waals surface area contributed by atoms with Gasteiger partial charge in [-0.1, -0.05) is 43.2 Å². The first kappa shape index (κ1) is 19.5. The number of carbonyl (C=O) groups excluding carboxylic acids is 1. The van der Waals surface area contributed by atoms with Crippen LogP contribution in [-0.2, 0) is 21.4 Å². The number of sulfonamides is 1. The molecule has 0 atom stereocenters. The zero-order valence-electron chi connectivity index (χ0n) is 15.0. The molecule has 0 radical (unpaired) electrons. The molecule has 2 aromatic rings. The highest BCUT2D eigenvalue weighted by Crippen LogP contribution is 2.20. The second-order valence-electron chi connectivity index (χ2n) is 6.76. The van der Waals surface area contributed by atoms with Crippen LogP contribution in [0.4, 0.5) is 4.39 Å². The van der Waals surface area contributed by atoms with Crippen molar-refractivity contribution in [3.05, 3.63) is 66.0 Å². The van der Waals surface area contributed by atoms with Crippen LogP contribution in [0.5, 0.6) is 0 Å². The maximum absolute atomic E-state index is 13.2. The zero-order valence-corrected chi connectivity index (χ0v) is 15.8. The fourth-order valence-electron chi connectivity index (χ4n) is 3.27. The highest BCUT2D eigenvalue weighted by atomic mass is 32.2. The average Bonchev–Trinajstić information content (AvgIpc) is 3.15. The zero-order chi connectivity index (χ0) is 19.3. The van der Waals surface area contributed by atoms with Crippen LogP contribution in [0.1, 0.15) is 31.2 Å². The van der Waals surface area contributed by atoms with Crippen LogP contribution in [-0.4, -0.2) is 31.2 Å². The van der Waals surface area contributed by atoms with Gasteiger partial charge in [-0.15, -0.1) is 0 Å². The molecule has 144 valence electrons. The average molecular weight is 390 g/mol. The molecule has 1 saturated carbocycles. The largest absolute Gasteiger partial charge is 0.352 e. The second kappa shape index (κ2) is 8.63. The van der Waals surface area contributed by atoms with E-state index in [9.17, 15) is 17.6 Å². The third-order valence-electron chi connectivity index (χ3n) is 4.69. The summed E-state index contributed by atoms with van der Waals surface area (Å²) in [7, 11) is -3.94. The van der Waals surface area contributed by atoms with E-state index >= 15 is 0 Å². The van der Waals surface area contributed by atoms with Crippen LogP contribution in [0.2, 0.25) is 0 Å². The van der Waals surface area contributed by atoms with E-state index in [4.69, 9.17) is 0 Å². The molecule has 0 saturated heterocycles. The van der Waals surface area contributed by atoms with Gasteiger partial charge in [0.05, 0.1) is 11.4 Å². The minimum Gasteiger partial charge on any atom is -0.352 e. The molecule has 0 aliphatic heterocycles. The Morgan fingerprint density at radius 2 is 1.67 bits per heavy atom. The van der Waals surface area contributed by atoms with Gasteiger partial charge in [0.2, 0.25) is 15.9 Å². The summed E-state index contributed by atoms with van der Waals surface area (Å²) in [5.74, 6) is -0.828. The Hall–Kier alpha value is -2.25. The first-order valence-electron chi connectivity index (χ1n) is 9.04. The Labute approximate surface area is 159 Å². The second-order valence-corrected chi connectivity index (χ2v) is 8.70. The summed E-state index contributed by atoms with van der Waals surface area (Å²) in [6.07, 6.45) is 4.00. The summed E-state index contributed by atoms with van der Waals surface area (Å²) >= 11 is 0. The number of carbonyl (C=O) groups is 1. The number of nitrogens with zero attached hydrogens (tertiary/aromatic N) is 1. The van der Waals surface area contributed by atoms with Crippen LogP contribution < -0.4 is 5.32 Å². The topological polar surface area (TPSA) is 66.5 Å². The molecule has 1 aliphatic rings. The molecule has 1 fully saturated rings. The van der Waals surface area contributed by atoms with Gasteiger partial charge in [-0.2, -0.15) is 4.31 Å². The molecular formula is C20H23FN2O3S. The van der Waals surface area contributed by atoms with Crippen molar-refractivity contribution in [2.24, 2.45) is 0 Å². The fourth-order valence-corrected chi connectivity index (χ4v) is 4.66. The molecular weight excluding hydrogens is 367 g/mol. The molecule has 1 aliphatic carbocycles. The summed E-state index contributed by atoms with van der Waals surface area (Å²) in [4.78, 5) is 12.4. The maximum Gasteiger partial charge on any atom is 0.243 e. The lowest BCUT2D eigenvalue weighted by molar-refractivity contribution is -0.122. The lowest BCUT2D eigenvalue weighted by Crippen LogP contribution is -2.43. The minimum absolute atomic E-state index is 0.0338. The number of amides is 1. The molecule has 7 heteroatoms. The molecule has 2 aromatic carbocycles. The molecule has 3 rings (SSSR count). The quantitative estimate of drug-likeness (QED) is 0.790. The summed E-state index contributed by atoms with van der Waals surface area (Å²) in [6.45, 7) is -0.205. The Balaban J connectivity index is 1.81. The van der Waals surface area contributed by atoms with Crippen molar-refractivity contribution in [1.82, 2.24) is 9.62 Å². The van der Waals surface area contributed by atoms with Crippen LogP contribution in [0.25, 0.3) is 0 Å². The Morgan fingerprint density at radius 3 is 2.30 bits per heavy atom. The lowest BCUT2D eigenvalue weighted by atomic mass is 10.2. The van der Waals surface area contributed by atoms with Gasteiger partial charge in [0, 0.05) is 12.6 Å². The van der Waals surface area contributed by atoms with E-state index in [1.165, 1.54) is 12.1 Å². The Morgan fingerprint density at radius 1 is 1.04 bits per heavy atom. The number of hydrogen-bond donors (Lipinski definition) is 1. The van der Waals surface area contributed by atoms with Gasteiger partial charge in [-0.25, -0.2) is 12.8 Å². The van der Waals surface area contributed by atoms with Crippen molar-refractivity contribution in [2.45, 2.75) is 43.2 Å². The molecule has 0 aromatic heterocycles. The number of halogens is 1. The van der Waals surface area contributed by atoms with Crippen LogP contribution >= 0.6 is 0 Å². The van der Waals surface area contributed by atoms with Gasteiger partial charge in [-0.3, -0.25) is 4.79 Å². The van der Waals surface area contributed by atoms with Crippen molar-refractivity contribution in [1.29, 1.82) is 0 Å². The summed E-state index contributed by atoms with van der Waals surface area (Å²) in [6, 6.07) is 13.9. The van der Waals surface area contributed by atoms with E-state index in [1.807, 2.05) is 30.3 Å². The number of rotatable bonds is 7. The van der Waals surface area contributed by atoms with Crippen molar-refractivity contribution in [2.75, 3.05) is 6.54 Å². The van der Waals surface area contributed by atoms with Gasteiger partial charge < -0.3 is 5.32 Å². The fraction of sp³-hybridized carbons (Fsp3) is 0.350. The van der Waals surface area contributed by atoms with E-state index in [2.05, 4.69) is 5.32 Å². The smallest absolute Gasteiger partial charge is 0.243 e. The number of hydrogen-bond acceptors (Lipinski definition) is 3. The number of nitrogens with one attached hydrogen (secondary N) is 1. The van der Waals surface area contributed by atoms with E-state index in [0.29, 0.717) is 0 Å². The minimum atomic E-state index is -3.94. The predicted molar refractivity (Wildman–Crippen MR) is 101 cm³/mol. The monoisotopic (exact) mass is 390 g/mol. The van der Waals surface area contributed by atoms with Crippen LogP contribution in [0, 0.1) is 5.82 Å². The third-order valence-corrected chi connectivity index (χ3v) is 6.50. The highest BCUT2D eigenvalue weighted by Gasteiger charge is 2.28. The van der Waals surface area contributed by atoms with Crippen LogP contribution in [0.3, 0.4) is 0 Å². The van der Waals surface area contributed by atoms with Crippen molar-refractivity contribution < 1.29 is 17.6 Å². The van der Waals surface area contributed by atoms with E-state index in [1.54, 1.807) is 0 Å². The summed E-state index contributed by atoms with van der Waals surface area (Å²) < 4.78 is 40.4. The SMILES string of the molecule is O=C(CN(Cc1ccccc1)S(=O)(=O)c1ccc(F)cc1)NC1CCCC1. The molecule has 0 spiro atoms. The van der Waals surface area contributed by atoms with Gasteiger partial charge >= 0.3 is 0 Å². The predicted octanol–water partition coefficient (Wildman–Crippen LogP) is 3.08. The van der Waals surface area contributed by atoms with Crippen molar-refractivity contribution in [3.63, 3.8) is 0 Å².